The van der Waals surface area contributed by atoms with Crippen LogP contribution in [0.2, 0.25) is 0 Å². The van der Waals surface area contributed by atoms with Crippen molar-refractivity contribution in [2.24, 2.45) is 0 Å². The van der Waals surface area contributed by atoms with Crippen LogP contribution in [0.15, 0.2) is 12.1 Å². The van der Waals surface area contributed by atoms with E-state index in [1.54, 1.807) is 20.8 Å². The molecule has 1 rings (SSSR count). The average molecular weight is 256 g/mol. The third-order valence-electron chi connectivity index (χ3n) is 2.52. The lowest BCUT2D eigenvalue weighted by Crippen LogP contribution is -2.18. The number of hydrogen-bond donors (Lipinski definition) is 1. The van der Waals surface area contributed by atoms with Crippen molar-refractivity contribution in [1.29, 1.82) is 0 Å². The Morgan fingerprint density at radius 1 is 1.22 bits per heavy atom. The quantitative estimate of drug-likeness (QED) is 0.612. The highest BCUT2D eigenvalue weighted by Gasteiger charge is 2.29. The summed E-state index contributed by atoms with van der Waals surface area (Å²) in [5.74, 6) is -0.653. The Morgan fingerprint density at radius 3 is 2.17 bits per heavy atom. The van der Waals surface area contributed by atoms with E-state index in [0.29, 0.717) is 0 Å². The molecule has 0 aliphatic carbocycles. The molecule has 0 amide bonds. The smallest absolute Gasteiger partial charge is 0.276 e. The molecule has 0 bridgehead atoms. The van der Waals surface area contributed by atoms with Gasteiger partial charge in [-0.05, 0) is 16.9 Å². The van der Waals surface area contributed by atoms with Crippen molar-refractivity contribution in [3.05, 3.63) is 33.3 Å². The van der Waals surface area contributed by atoms with Crippen LogP contribution >= 0.6 is 0 Å². The van der Waals surface area contributed by atoms with Crippen molar-refractivity contribution < 1.29 is 16.9 Å². The topological polar surface area (TPSA) is 63.4 Å². The maximum atomic E-state index is 11.4. The molecular weight excluding hydrogens is 230 g/mol. The Bertz CT molecular complexity index is 660. The minimum absolute atomic E-state index is 0.0282. The predicted octanol–water partition coefficient (Wildman–Crippen LogP) is 3.90. The lowest BCUT2D eigenvalue weighted by Gasteiger charge is -2.25. The summed E-state index contributed by atoms with van der Waals surface area (Å²) in [6.07, 6.45) is 0. The maximum absolute atomic E-state index is 11.4. The fourth-order valence-electron chi connectivity index (χ4n) is 1.61. The summed E-state index contributed by atoms with van der Waals surface area (Å²) in [7, 11) is 0. The molecule has 1 aromatic rings. The van der Waals surface area contributed by atoms with Gasteiger partial charge in [-0.1, -0.05) is 41.5 Å². The summed E-state index contributed by atoms with van der Waals surface area (Å²) in [6, 6.07) is -1.16. The molecule has 4 heteroatoms. The first kappa shape index (κ1) is 8.51. The van der Waals surface area contributed by atoms with Crippen molar-refractivity contribution in [1.82, 2.24) is 0 Å². The van der Waals surface area contributed by atoms with Crippen LogP contribution in [-0.4, -0.2) is 10.0 Å². The fourth-order valence-corrected chi connectivity index (χ4v) is 1.61. The molecular formula is C14H21NO3. The monoisotopic (exact) mass is 256 g/mol. The standard InChI is InChI=1S/C14H21NO3/c1-13(2,3)9-7-10(14(4,5)6)12(16)8-11(9)15(17)18/h7-8,16H,1-6H3/i1D3,7D,8D. The molecule has 0 unspecified atom stereocenters. The second kappa shape index (κ2) is 4.26. The lowest BCUT2D eigenvalue weighted by atomic mass is 9.79. The predicted molar refractivity (Wildman–Crippen MR) is 72.2 cm³/mol. The lowest BCUT2D eigenvalue weighted by molar-refractivity contribution is -0.386. The summed E-state index contributed by atoms with van der Waals surface area (Å²) in [5, 5.41) is 21.6. The Balaban J connectivity index is 4.11. The molecule has 0 radical (unpaired) electrons. The second-order valence-corrected chi connectivity index (χ2v) is 5.83. The molecule has 0 aliphatic heterocycles. The van der Waals surface area contributed by atoms with Gasteiger partial charge in [0.1, 0.15) is 5.75 Å². The summed E-state index contributed by atoms with van der Waals surface area (Å²) < 4.78 is 39.2. The number of nitro groups is 1. The zero-order valence-corrected chi connectivity index (χ0v) is 11.2. The average Bonchev–Trinajstić information content (AvgIpc) is 2.29. The first-order valence-corrected chi connectivity index (χ1v) is 5.56. The van der Waals surface area contributed by atoms with Crippen LogP contribution in [0, 0.1) is 10.1 Å². The van der Waals surface area contributed by atoms with Crippen LogP contribution < -0.4 is 0 Å². The number of hydrogen-bond acceptors (Lipinski definition) is 3. The summed E-state index contributed by atoms with van der Waals surface area (Å²) in [4.78, 5) is 10.5. The SMILES string of the molecule is [2H]c1c(O)c(C(C)(C)C)c([2H])c(C(C)(C)C([2H])([2H])[2H])c1[N+](=O)[O-]. The fraction of sp³-hybridized carbons (Fsp3) is 0.571. The molecule has 0 fully saturated rings. The molecule has 0 heterocycles. The number of phenols is 1. The second-order valence-electron chi connectivity index (χ2n) is 5.83. The Kier molecular flexibility index (Phi) is 2.02. The molecule has 18 heavy (non-hydrogen) atoms. The normalized spacial score (nSPS) is 17.3. The van der Waals surface area contributed by atoms with Crippen molar-refractivity contribution in [3.63, 3.8) is 0 Å². The molecule has 0 spiro atoms. The Hall–Kier alpha value is -1.58. The van der Waals surface area contributed by atoms with Gasteiger partial charge in [-0.2, -0.15) is 0 Å². The number of nitro benzene ring substituents is 1. The van der Waals surface area contributed by atoms with E-state index in [0.717, 1.165) is 0 Å². The van der Waals surface area contributed by atoms with Gasteiger partial charge in [0.25, 0.3) is 5.69 Å². The van der Waals surface area contributed by atoms with Crippen LogP contribution in [0.25, 0.3) is 0 Å². The molecule has 0 atom stereocenters. The van der Waals surface area contributed by atoms with Gasteiger partial charge >= 0.3 is 0 Å². The molecule has 1 aromatic carbocycles. The molecule has 1 N–H and O–H groups in total. The van der Waals surface area contributed by atoms with Gasteiger partial charge in [-0.3, -0.25) is 10.1 Å². The molecule has 0 aliphatic rings. The van der Waals surface area contributed by atoms with E-state index in [4.69, 9.17) is 6.85 Å². The molecule has 100 valence electrons. The largest absolute Gasteiger partial charge is 0.507 e. The summed E-state index contributed by atoms with van der Waals surface area (Å²) in [6.45, 7) is 4.98. The zero-order valence-electron chi connectivity index (χ0n) is 16.2. The minimum atomic E-state index is -2.62. The van der Waals surface area contributed by atoms with Crippen molar-refractivity contribution in [2.45, 2.75) is 52.3 Å². The molecule has 4 nitrogen and oxygen atoms in total. The number of benzene rings is 1. The Morgan fingerprint density at radius 2 is 1.78 bits per heavy atom. The first-order valence-electron chi connectivity index (χ1n) is 8.06. The van der Waals surface area contributed by atoms with Crippen LogP contribution in [0.4, 0.5) is 5.69 Å². The highest BCUT2D eigenvalue weighted by Crippen LogP contribution is 2.40. The summed E-state index contributed by atoms with van der Waals surface area (Å²) >= 11 is 0. The third-order valence-corrected chi connectivity index (χ3v) is 2.52. The van der Waals surface area contributed by atoms with Gasteiger partial charge in [-0.25, -0.2) is 0 Å². The maximum Gasteiger partial charge on any atom is 0.276 e. The summed E-state index contributed by atoms with van der Waals surface area (Å²) in [5.41, 5.74) is -3.67. The third kappa shape index (κ3) is 2.81. The number of aromatic hydroxyl groups is 1. The van der Waals surface area contributed by atoms with Gasteiger partial charge in [0, 0.05) is 15.2 Å². The van der Waals surface area contributed by atoms with Gasteiger partial charge < -0.3 is 5.11 Å². The molecule has 0 saturated heterocycles. The van der Waals surface area contributed by atoms with Crippen LogP contribution in [0.1, 0.15) is 59.5 Å². The van der Waals surface area contributed by atoms with Crippen LogP contribution in [-0.2, 0) is 10.8 Å². The van der Waals surface area contributed by atoms with Crippen LogP contribution in [0.5, 0.6) is 5.75 Å². The van der Waals surface area contributed by atoms with Gasteiger partial charge in [0.05, 0.1) is 13.7 Å². The van der Waals surface area contributed by atoms with Crippen LogP contribution in [0.3, 0.4) is 0 Å². The van der Waals surface area contributed by atoms with Crippen molar-refractivity contribution in [3.8, 4) is 5.75 Å². The van der Waals surface area contributed by atoms with E-state index in [1.807, 2.05) is 0 Å². The number of phenolic OH excluding ortho intramolecular Hbond substituents is 1. The van der Waals surface area contributed by atoms with E-state index in [1.165, 1.54) is 13.8 Å². The zero-order chi connectivity index (χ0) is 18.5. The number of rotatable bonds is 1. The van der Waals surface area contributed by atoms with Gasteiger partial charge in [0.15, 0.2) is 0 Å². The first-order chi connectivity index (χ1) is 10.0. The highest BCUT2D eigenvalue weighted by molar-refractivity contribution is 5.54. The van der Waals surface area contributed by atoms with Gasteiger partial charge in [-0.15, -0.1) is 0 Å². The number of nitrogens with zero attached hydrogens (tertiary/aromatic N) is 1. The molecule has 0 saturated carbocycles. The Labute approximate surface area is 115 Å². The minimum Gasteiger partial charge on any atom is -0.507 e. The van der Waals surface area contributed by atoms with E-state index < -0.39 is 46.1 Å². The van der Waals surface area contributed by atoms with E-state index in [2.05, 4.69) is 0 Å². The van der Waals surface area contributed by atoms with Crippen molar-refractivity contribution in [2.75, 3.05) is 0 Å². The van der Waals surface area contributed by atoms with E-state index in [-0.39, 0.29) is 11.1 Å². The highest BCUT2D eigenvalue weighted by atomic mass is 16.6. The van der Waals surface area contributed by atoms with E-state index >= 15 is 0 Å². The van der Waals surface area contributed by atoms with Crippen molar-refractivity contribution >= 4 is 5.69 Å². The van der Waals surface area contributed by atoms with E-state index in [9.17, 15) is 15.2 Å². The van der Waals surface area contributed by atoms with Gasteiger partial charge in [0.2, 0.25) is 0 Å². The molecule has 0 aromatic heterocycles.